The second kappa shape index (κ2) is 6.37. The van der Waals surface area contributed by atoms with E-state index in [1.54, 1.807) is 14.2 Å². The Morgan fingerprint density at radius 2 is 1.81 bits per heavy atom. The lowest BCUT2D eigenvalue weighted by atomic mass is 9.87. The number of benzene rings is 1. The van der Waals surface area contributed by atoms with Crippen LogP contribution in [0.3, 0.4) is 0 Å². The van der Waals surface area contributed by atoms with Gasteiger partial charge in [0.1, 0.15) is 0 Å². The van der Waals surface area contributed by atoms with Crippen molar-refractivity contribution in [1.82, 2.24) is 5.32 Å². The van der Waals surface area contributed by atoms with Crippen molar-refractivity contribution in [3.63, 3.8) is 0 Å². The highest BCUT2D eigenvalue weighted by atomic mass is 16.5. The summed E-state index contributed by atoms with van der Waals surface area (Å²) in [5.74, 6) is 1.54. The molecule has 1 atom stereocenters. The van der Waals surface area contributed by atoms with Crippen LogP contribution in [0.15, 0.2) is 18.2 Å². The third kappa shape index (κ3) is 3.31. The molecule has 0 spiro atoms. The number of methoxy groups -OCH3 is 2. The van der Waals surface area contributed by atoms with E-state index in [1.165, 1.54) is 0 Å². The minimum atomic E-state index is -0.204. The van der Waals surface area contributed by atoms with Gasteiger partial charge in [-0.05, 0) is 37.5 Å². The predicted octanol–water partition coefficient (Wildman–Crippen LogP) is 3.46. The van der Waals surface area contributed by atoms with Gasteiger partial charge in [0.05, 0.1) is 20.3 Å². The molecule has 4 heteroatoms. The molecule has 1 amide bonds. The Morgan fingerprint density at radius 1 is 1.19 bits per heavy atom. The highest BCUT2D eigenvalue weighted by Gasteiger charge is 2.36. The topological polar surface area (TPSA) is 47.6 Å². The average molecular weight is 291 g/mol. The fourth-order valence-electron chi connectivity index (χ4n) is 2.96. The van der Waals surface area contributed by atoms with Crippen molar-refractivity contribution < 1.29 is 14.3 Å². The molecule has 1 aromatic carbocycles. The van der Waals surface area contributed by atoms with E-state index < -0.39 is 0 Å². The van der Waals surface area contributed by atoms with Gasteiger partial charge < -0.3 is 14.8 Å². The van der Waals surface area contributed by atoms with Gasteiger partial charge in [-0.3, -0.25) is 4.79 Å². The number of nitrogens with one attached hydrogen (secondary N) is 1. The standard InChI is InChI=1S/C17H25NO3/c1-12(18-16(19)17(2)9-5-6-10-17)13-7-8-14(20-3)15(11-13)21-4/h7-8,11-12H,5-6,9-10H2,1-4H3,(H,18,19). The van der Waals surface area contributed by atoms with Crippen molar-refractivity contribution >= 4 is 5.91 Å². The zero-order chi connectivity index (χ0) is 15.5. The highest BCUT2D eigenvalue weighted by molar-refractivity contribution is 5.82. The van der Waals surface area contributed by atoms with E-state index in [9.17, 15) is 4.79 Å². The lowest BCUT2D eigenvalue weighted by Gasteiger charge is -2.25. The minimum absolute atomic E-state index is 0.0465. The number of carbonyl (C=O) groups excluding carboxylic acids is 1. The first-order valence-electron chi connectivity index (χ1n) is 7.53. The summed E-state index contributed by atoms with van der Waals surface area (Å²) in [6.45, 7) is 4.06. The molecule has 0 saturated heterocycles. The van der Waals surface area contributed by atoms with Crippen LogP contribution in [-0.2, 0) is 4.79 Å². The molecule has 1 fully saturated rings. The van der Waals surface area contributed by atoms with Crippen molar-refractivity contribution in [3.8, 4) is 11.5 Å². The van der Waals surface area contributed by atoms with Crippen LogP contribution in [0.2, 0.25) is 0 Å². The molecule has 21 heavy (non-hydrogen) atoms. The number of amides is 1. The summed E-state index contributed by atoms with van der Waals surface area (Å²) >= 11 is 0. The van der Waals surface area contributed by atoms with Crippen LogP contribution in [0.5, 0.6) is 11.5 Å². The van der Waals surface area contributed by atoms with Crippen molar-refractivity contribution in [2.45, 2.75) is 45.6 Å². The van der Waals surface area contributed by atoms with Crippen LogP contribution in [0.1, 0.15) is 51.1 Å². The van der Waals surface area contributed by atoms with Crippen LogP contribution in [0.4, 0.5) is 0 Å². The predicted molar refractivity (Wildman–Crippen MR) is 82.7 cm³/mol. The van der Waals surface area contributed by atoms with E-state index in [4.69, 9.17) is 9.47 Å². The van der Waals surface area contributed by atoms with E-state index in [-0.39, 0.29) is 17.4 Å². The molecule has 0 aliphatic heterocycles. The minimum Gasteiger partial charge on any atom is -0.493 e. The molecule has 116 valence electrons. The molecule has 0 radical (unpaired) electrons. The SMILES string of the molecule is COc1ccc(C(C)NC(=O)C2(C)CCCC2)cc1OC. The average Bonchev–Trinajstić information content (AvgIpc) is 2.94. The number of rotatable bonds is 5. The van der Waals surface area contributed by atoms with Gasteiger partial charge in [0, 0.05) is 5.41 Å². The summed E-state index contributed by atoms with van der Waals surface area (Å²) in [5, 5.41) is 3.13. The largest absolute Gasteiger partial charge is 0.493 e. The number of hydrogen-bond acceptors (Lipinski definition) is 3. The fraction of sp³-hybridized carbons (Fsp3) is 0.588. The molecule has 2 rings (SSSR count). The van der Waals surface area contributed by atoms with Gasteiger partial charge in [-0.25, -0.2) is 0 Å². The molecule has 0 bridgehead atoms. The maximum atomic E-state index is 12.5. The van der Waals surface area contributed by atoms with E-state index in [1.807, 2.05) is 25.1 Å². The third-order valence-electron chi connectivity index (χ3n) is 4.51. The molecule has 1 aliphatic rings. The van der Waals surface area contributed by atoms with Crippen molar-refractivity contribution in [2.75, 3.05) is 14.2 Å². The zero-order valence-electron chi connectivity index (χ0n) is 13.4. The van der Waals surface area contributed by atoms with Crippen LogP contribution < -0.4 is 14.8 Å². The molecule has 1 aromatic rings. The van der Waals surface area contributed by atoms with Crippen LogP contribution in [0.25, 0.3) is 0 Å². The van der Waals surface area contributed by atoms with Crippen LogP contribution in [0, 0.1) is 5.41 Å². The number of ether oxygens (including phenoxy) is 2. The molecular formula is C17H25NO3. The van der Waals surface area contributed by atoms with Gasteiger partial charge in [-0.2, -0.15) is 0 Å². The van der Waals surface area contributed by atoms with Gasteiger partial charge >= 0.3 is 0 Å². The first kappa shape index (κ1) is 15.7. The van der Waals surface area contributed by atoms with E-state index >= 15 is 0 Å². The molecule has 1 N–H and O–H groups in total. The van der Waals surface area contributed by atoms with Crippen molar-refractivity contribution in [2.24, 2.45) is 5.41 Å². The Bertz CT molecular complexity index is 507. The Kier molecular flexibility index (Phi) is 4.76. The first-order chi connectivity index (χ1) is 10.00. The second-order valence-corrected chi connectivity index (χ2v) is 6.08. The van der Waals surface area contributed by atoms with Gasteiger partial charge in [-0.1, -0.05) is 25.8 Å². The number of carbonyl (C=O) groups is 1. The van der Waals surface area contributed by atoms with E-state index in [0.29, 0.717) is 11.5 Å². The molecule has 1 unspecified atom stereocenters. The van der Waals surface area contributed by atoms with Gasteiger partial charge in [0.2, 0.25) is 5.91 Å². The summed E-state index contributed by atoms with van der Waals surface area (Å²) in [5.41, 5.74) is 0.813. The van der Waals surface area contributed by atoms with Crippen LogP contribution >= 0.6 is 0 Å². The highest BCUT2D eigenvalue weighted by Crippen LogP contribution is 2.38. The summed E-state index contributed by atoms with van der Waals surface area (Å²) in [6.07, 6.45) is 4.26. The number of hydrogen-bond donors (Lipinski definition) is 1. The summed E-state index contributed by atoms with van der Waals surface area (Å²) < 4.78 is 10.6. The maximum Gasteiger partial charge on any atom is 0.226 e. The molecule has 1 saturated carbocycles. The van der Waals surface area contributed by atoms with E-state index in [0.717, 1.165) is 31.2 Å². The molecule has 0 heterocycles. The second-order valence-electron chi connectivity index (χ2n) is 6.08. The van der Waals surface area contributed by atoms with Crippen molar-refractivity contribution in [3.05, 3.63) is 23.8 Å². The summed E-state index contributed by atoms with van der Waals surface area (Å²) in [7, 11) is 3.23. The molecule has 0 aromatic heterocycles. The van der Waals surface area contributed by atoms with Crippen LogP contribution in [-0.4, -0.2) is 20.1 Å². The molecule has 1 aliphatic carbocycles. The van der Waals surface area contributed by atoms with Gasteiger partial charge in [-0.15, -0.1) is 0 Å². The lowest BCUT2D eigenvalue weighted by Crippen LogP contribution is -2.38. The molecular weight excluding hydrogens is 266 g/mol. The quantitative estimate of drug-likeness (QED) is 0.903. The summed E-state index contributed by atoms with van der Waals surface area (Å²) in [6, 6.07) is 5.70. The normalized spacial score (nSPS) is 18.1. The Balaban J connectivity index is 2.09. The first-order valence-corrected chi connectivity index (χ1v) is 7.53. The Labute approximate surface area is 126 Å². The van der Waals surface area contributed by atoms with E-state index in [2.05, 4.69) is 12.2 Å². The Hall–Kier alpha value is -1.71. The molecule has 4 nitrogen and oxygen atoms in total. The fourth-order valence-corrected chi connectivity index (χ4v) is 2.96. The van der Waals surface area contributed by atoms with Gasteiger partial charge in [0.15, 0.2) is 11.5 Å². The summed E-state index contributed by atoms with van der Waals surface area (Å²) in [4.78, 5) is 12.5. The lowest BCUT2D eigenvalue weighted by molar-refractivity contribution is -0.130. The Morgan fingerprint density at radius 3 is 2.38 bits per heavy atom. The van der Waals surface area contributed by atoms with Crippen molar-refractivity contribution in [1.29, 1.82) is 0 Å². The third-order valence-corrected chi connectivity index (χ3v) is 4.51. The zero-order valence-corrected chi connectivity index (χ0v) is 13.4. The monoisotopic (exact) mass is 291 g/mol. The maximum absolute atomic E-state index is 12.5. The van der Waals surface area contributed by atoms with Gasteiger partial charge in [0.25, 0.3) is 0 Å². The smallest absolute Gasteiger partial charge is 0.226 e.